The van der Waals surface area contributed by atoms with Crippen LogP contribution in [0.3, 0.4) is 0 Å². The number of carbonyl (C=O) groups is 2. The first kappa shape index (κ1) is 32.6. The molecule has 1 aliphatic carbocycles. The average molecular weight is 560 g/mol. The van der Waals surface area contributed by atoms with Crippen LogP contribution in [0, 0.1) is 0 Å². The second-order valence-corrected chi connectivity index (χ2v) is 11.3. The van der Waals surface area contributed by atoms with Gasteiger partial charge in [-0.2, -0.15) is 8.42 Å². The van der Waals surface area contributed by atoms with E-state index in [-0.39, 0.29) is 37.3 Å². The van der Waals surface area contributed by atoms with Gasteiger partial charge in [-0.25, -0.2) is 4.79 Å². The predicted molar refractivity (Wildman–Crippen MR) is 144 cm³/mol. The Labute approximate surface area is 224 Å². The molecule has 37 heavy (non-hydrogen) atoms. The SMILES string of the molecule is CC.CCS(=O)(=O)OC/C(N)=C1\CCC(OC)(C(=O)NC(=O)OC(C)(C)C)CC1=Nc1cccc(Cl)c1. The Hall–Kier alpha value is -2.47. The fraction of sp³-hybridized carbons (Fsp3) is 0.560. The summed E-state index contributed by atoms with van der Waals surface area (Å²) in [5, 5.41) is 2.69. The molecule has 10 nitrogen and oxygen atoms in total. The largest absolute Gasteiger partial charge is 0.444 e. The van der Waals surface area contributed by atoms with E-state index in [2.05, 4.69) is 10.3 Å². The van der Waals surface area contributed by atoms with E-state index < -0.39 is 33.3 Å². The Bertz CT molecular complexity index is 1130. The van der Waals surface area contributed by atoms with Crippen LogP contribution in [0.1, 0.15) is 60.8 Å². The van der Waals surface area contributed by atoms with Gasteiger partial charge in [-0.15, -0.1) is 0 Å². The summed E-state index contributed by atoms with van der Waals surface area (Å²) >= 11 is 6.09. The molecular formula is C25H38ClN3O7S. The number of benzene rings is 1. The number of hydrogen-bond acceptors (Lipinski definition) is 9. The summed E-state index contributed by atoms with van der Waals surface area (Å²) in [7, 11) is -2.35. The number of hydrogen-bond donors (Lipinski definition) is 2. The van der Waals surface area contributed by atoms with E-state index in [1.54, 1.807) is 45.0 Å². The molecule has 1 aromatic rings. The molecule has 0 heterocycles. The number of amides is 2. The molecule has 2 amide bonds. The van der Waals surface area contributed by atoms with Gasteiger partial charge in [0.05, 0.1) is 11.4 Å². The van der Waals surface area contributed by atoms with Crippen LogP contribution < -0.4 is 11.1 Å². The minimum Gasteiger partial charge on any atom is -0.444 e. The highest BCUT2D eigenvalue weighted by Crippen LogP contribution is 2.35. The van der Waals surface area contributed by atoms with Crippen LogP contribution in [0.2, 0.25) is 5.02 Å². The van der Waals surface area contributed by atoms with Crippen molar-refractivity contribution in [2.45, 2.75) is 72.0 Å². The van der Waals surface area contributed by atoms with Crippen LogP contribution in [0.4, 0.5) is 10.5 Å². The number of ether oxygens (including phenoxy) is 2. The summed E-state index contributed by atoms with van der Waals surface area (Å²) in [4.78, 5) is 29.9. The van der Waals surface area contributed by atoms with Gasteiger partial charge >= 0.3 is 6.09 Å². The van der Waals surface area contributed by atoms with Gasteiger partial charge in [-0.1, -0.05) is 31.5 Å². The maximum absolute atomic E-state index is 13.1. The third-order valence-electron chi connectivity index (χ3n) is 5.21. The molecule has 12 heteroatoms. The topological polar surface area (TPSA) is 146 Å². The maximum Gasteiger partial charge on any atom is 0.414 e. The van der Waals surface area contributed by atoms with Crippen molar-refractivity contribution >= 4 is 45.1 Å². The van der Waals surface area contributed by atoms with Crippen molar-refractivity contribution in [3.63, 3.8) is 0 Å². The summed E-state index contributed by atoms with van der Waals surface area (Å²) in [6.07, 6.45) is -0.563. The van der Waals surface area contributed by atoms with Crippen molar-refractivity contribution < 1.29 is 31.7 Å². The first-order valence-corrected chi connectivity index (χ1v) is 13.9. The van der Waals surface area contributed by atoms with Gasteiger partial charge in [-0.05, 0) is 64.3 Å². The van der Waals surface area contributed by atoms with Crippen molar-refractivity contribution in [1.29, 1.82) is 0 Å². The molecule has 0 bridgehead atoms. The zero-order valence-corrected chi connectivity index (χ0v) is 24.1. The number of aliphatic imine (C=N–C) groups is 1. The second-order valence-electron chi connectivity index (χ2n) is 8.98. The van der Waals surface area contributed by atoms with Gasteiger partial charge in [0.1, 0.15) is 12.2 Å². The van der Waals surface area contributed by atoms with E-state index in [0.29, 0.717) is 22.0 Å². The van der Waals surface area contributed by atoms with Crippen LogP contribution in [-0.4, -0.2) is 56.8 Å². The number of imide groups is 1. The lowest BCUT2D eigenvalue weighted by Crippen LogP contribution is -2.54. The lowest BCUT2D eigenvalue weighted by molar-refractivity contribution is -0.143. The smallest absolute Gasteiger partial charge is 0.414 e. The van der Waals surface area contributed by atoms with Gasteiger partial charge in [-0.3, -0.25) is 19.3 Å². The van der Waals surface area contributed by atoms with E-state index in [4.69, 9.17) is 31.0 Å². The molecule has 0 saturated heterocycles. The number of alkyl carbamates (subject to hydrolysis) is 1. The molecular weight excluding hydrogens is 522 g/mol. The first-order valence-electron chi connectivity index (χ1n) is 12.0. The molecule has 3 N–H and O–H groups in total. The standard InChI is InChI=1S/C23H32ClN3O7S.C2H6/c1-6-35(30,31)33-14-18(25)17-10-11-23(32-5,20(28)27-21(29)34-22(2,3)4)13-19(17)26-16-9-7-8-15(24)12-16;1-2/h7-9,12H,6,10-11,13-14,25H2,1-5H3,(H,27,28,29);1-2H3/b18-17-,26-19?;. The normalized spacial score (nSPS) is 20.5. The summed E-state index contributed by atoms with van der Waals surface area (Å²) in [5.41, 5.74) is 5.57. The van der Waals surface area contributed by atoms with Gasteiger partial charge in [0, 0.05) is 30.0 Å². The molecule has 1 saturated carbocycles. The van der Waals surface area contributed by atoms with Crippen molar-refractivity contribution in [2.24, 2.45) is 10.7 Å². The number of nitrogens with one attached hydrogen (secondary N) is 1. The highest BCUT2D eigenvalue weighted by atomic mass is 35.5. The number of allylic oxidation sites excluding steroid dienone is 1. The number of carbonyl (C=O) groups excluding carboxylic acids is 2. The third-order valence-corrected chi connectivity index (χ3v) is 6.63. The van der Waals surface area contributed by atoms with Gasteiger partial charge in [0.25, 0.3) is 16.0 Å². The van der Waals surface area contributed by atoms with Crippen molar-refractivity contribution in [3.05, 3.63) is 40.6 Å². The maximum atomic E-state index is 13.1. The Kier molecular flexibility index (Phi) is 12.2. The van der Waals surface area contributed by atoms with E-state index in [1.165, 1.54) is 14.0 Å². The third kappa shape index (κ3) is 10.1. The van der Waals surface area contributed by atoms with Gasteiger partial charge < -0.3 is 15.2 Å². The Morgan fingerprint density at radius 1 is 1.24 bits per heavy atom. The molecule has 0 spiro atoms. The first-order chi connectivity index (χ1) is 17.2. The number of rotatable bonds is 7. The van der Waals surface area contributed by atoms with Crippen LogP contribution in [0.5, 0.6) is 0 Å². The fourth-order valence-corrected chi connectivity index (χ4v) is 4.04. The molecule has 1 atom stereocenters. The summed E-state index contributed by atoms with van der Waals surface area (Å²) in [6.45, 7) is 10.1. The number of nitrogens with two attached hydrogens (primary N) is 1. The quantitative estimate of drug-likeness (QED) is 0.459. The molecule has 0 aliphatic heterocycles. The molecule has 1 aromatic carbocycles. The Morgan fingerprint density at radius 3 is 2.43 bits per heavy atom. The fourth-order valence-electron chi connectivity index (χ4n) is 3.39. The van der Waals surface area contributed by atoms with Gasteiger partial charge in [0.15, 0.2) is 5.60 Å². The summed E-state index contributed by atoms with van der Waals surface area (Å²) in [6, 6.07) is 6.75. The summed E-state index contributed by atoms with van der Waals surface area (Å²) in [5.74, 6) is -0.882. The Balaban J connectivity index is 0.00000334. The van der Waals surface area contributed by atoms with E-state index >= 15 is 0 Å². The zero-order chi connectivity index (χ0) is 28.4. The van der Waals surface area contributed by atoms with E-state index in [1.807, 2.05) is 13.8 Å². The van der Waals surface area contributed by atoms with Crippen LogP contribution in [0.25, 0.3) is 0 Å². The van der Waals surface area contributed by atoms with Crippen molar-refractivity contribution in [1.82, 2.24) is 5.32 Å². The highest BCUT2D eigenvalue weighted by Gasteiger charge is 2.45. The molecule has 0 aromatic heterocycles. The minimum absolute atomic E-state index is 0.0405. The number of methoxy groups -OCH3 is 1. The lowest BCUT2D eigenvalue weighted by Gasteiger charge is -2.36. The monoisotopic (exact) mass is 559 g/mol. The van der Waals surface area contributed by atoms with Crippen LogP contribution in [0.15, 0.2) is 40.5 Å². The minimum atomic E-state index is -3.72. The average Bonchev–Trinajstić information content (AvgIpc) is 2.82. The Morgan fingerprint density at radius 2 is 1.89 bits per heavy atom. The van der Waals surface area contributed by atoms with Gasteiger partial charge in [0.2, 0.25) is 0 Å². The molecule has 2 rings (SSSR count). The van der Waals surface area contributed by atoms with E-state index in [0.717, 1.165) is 0 Å². The molecule has 1 fully saturated rings. The van der Waals surface area contributed by atoms with Crippen LogP contribution >= 0.6 is 11.6 Å². The van der Waals surface area contributed by atoms with E-state index in [9.17, 15) is 18.0 Å². The zero-order valence-electron chi connectivity index (χ0n) is 22.5. The number of halogens is 1. The molecule has 1 unspecified atom stereocenters. The predicted octanol–water partition coefficient (Wildman–Crippen LogP) is 4.64. The number of nitrogens with zero attached hydrogens (tertiary/aromatic N) is 1. The molecule has 0 radical (unpaired) electrons. The summed E-state index contributed by atoms with van der Waals surface area (Å²) < 4.78 is 39.3. The second kappa shape index (κ2) is 13.9. The van der Waals surface area contributed by atoms with Crippen molar-refractivity contribution in [3.8, 4) is 0 Å². The molecule has 208 valence electrons. The van der Waals surface area contributed by atoms with Crippen molar-refractivity contribution in [2.75, 3.05) is 19.5 Å². The lowest BCUT2D eigenvalue weighted by atomic mass is 9.79. The van der Waals surface area contributed by atoms with Crippen LogP contribution in [-0.2, 0) is 28.6 Å². The highest BCUT2D eigenvalue weighted by molar-refractivity contribution is 7.86. The molecule has 1 aliphatic rings.